The lowest BCUT2D eigenvalue weighted by atomic mass is 10.2. The summed E-state index contributed by atoms with van der Waals surface area (Å²) in [6.45, 7) is 4.90. The topological polar surface area (TPSA) is 84.7 Å². The fraction of sp³-hybridized carbons (Fsp3) is 0.421. The first-order valence-corrected chi connectivity index (χ1v) is 8.77. The zero-order valence-electron chi connectivity index (χ0n) is 15.0. The second kappa shape index (κ2) is 7.59. The Hall–Kier alpha value is -2.83. The molecule has 1 aliphatic rings. The summed E-state index contributed by atoms with van der Waals surface area (Å²) in [6.07, 6.45) is 3.94. The van der Waals surface area contributed by atoms with Gasteiger partial charge in [-0.1, -0.05) is 6.07 Å². The molecule has 138 valence electrons. The maximum absolute atomic E-state index is 12.9. The van der Waals surface area contributed by atoms with Crippen molar-refractivity contribution in [1.29, 1.82) is 0 Å². The smallest absolute Gasteiger partial charge is 0.272 e. The van der Waals surface area contributed by atoms with Crippen molar-refractivity contribution in [2.24, 2.45) is 0 Å². The van der Waals surface area contributed by atoms with Crippen molar-refractivity contribution in [3.63, 3.8) is 0 Å². The van der Waals surface area contributed by atoms with E-state index in [0.29, 0.717) is 24.3 Å². The number of phenols is 1. The summed E-state index contributed by atoms with van der Waals surface area (Å²) in [6, 6.07) is 6.45. The van der Waals surface area contributed by atoms with Crippen molar-refractivity contribution >= 4 is 12.2 Å². The molecular formula is C19H23N3O4. The van der Waals surface area contributed by atoms with Gasteiger partial charge in [-0.05, 0) is 44.9 Å². The molecule has 7 heteroatoms. The van der Waals surface area contributed by atoms with E-state index in [1.807, 2.05) is 13.8 Å². The van der Waals surface area contributed by atoms with E-state index in [4.69, 9.17) is 4.74 Å². The second-order valence-electron chi connectivity index (χ2n) is 6.67. The van der Waals surface area contributed by atoms with E-state index < -0.39 is 0 Å². The number of carbonyl (C=O) groups excluding carboxylic acids is 2. The van der Waals surface area contributed by atoms with Gasteiger partial charge in [-0.25, -0.2) is 0 Å². The summed E-state index contributed by atoms with van der Waals surface area (Å²) in [5.74, 6) is 0.151. The van der Waals surface area contributed by atoms with E-state index in [1.165, 1.54) is 6.07 Å². The molecule has 1 aromatic heterocycles. The molecule has 0 radical (unpaired) electrons. The van der Waals surface area contributed by atoms with Crippen LogP contribution in [0.5, 0.6) is 11.5 Å². The zero-order chi connectivity index (χ0) is 18.7. The van der Waals surface area contributed by atoms with Gasteiger partial charge in [0.25, 0.3) is 5.91 Å². The van der Waals surface area contributed by atoms with E-state index in [9.17, 15) is 14.7 Å². The third-order valence-electron chi connectivity index (χ3n) is 4.61. The lowest BCUT2D eigenvalue weighted by Gasteiger charge is -2.25. The van der Waals surface area contributed by atoms with Gasteiger partial charge in [0.1, 0.15) is 23.8 Å². The zero-order valence-corrected chi connectivity index (χ0v) is 15.0. The van der Waals surface area contributed by atoms with Crippen LogP contribution >= 0.6 is 0 Å². The Kier molecular flexibility index (Phi) is 5.25. The molecule has 1 aromatic carbocycles. The van der Waals surface area contributed by atoms with Crippen LogP contribution in [0, 0.1) is 0 Å². The summed E-state index contributed by atoms with van der Waals surface area (Å²) in [7, 11) is 0. The third-order valence-corrected chi connectivity index (χ3v) is 4.61. The Bertz CT molecular complexity index is 800. The molecule has 0 saturated carbocycles. The first-order chi connectivity index (χ1) is 12.5. The van der Waals surface area contributed by atoms with Crippen LogP contribution in [-0.4, -0.2) is 51.2 Å². The number of rotatable bonds is 6. The minimum Gasteiger partial charge on any atom is -0.507 e. The van der Waals surface area contributed by atoms with E-state index in [-0.39, 0.29) is 35.9 Å². The van der Waals surface area contributed by atoms with Crippen molar-refractivity contribution in [2.45, 2.75) is 38.8 Å². The van der Waals surface area contributed by atoms with E-state index in [1.54, 1.807) is 34.0 Å². The van der Waals surface area contributed by atoms with Gasteiger partial charge in [0, 0.05) is 18.8 Å². The van der Waals surface area contributed by atoms with Crippen molar-refractivity contribution in [1.82, 2.24) is 14.7 Å². The number of phenolic OH excluding ortho intramolecular Hbond substituents is 1. The Labute approximate surface area is 152 Å². The number of carbonyl (C=O) groups is 2. The largest absolute Gasteiger partial charge is 0.507 e. The Morgan fingerprint density at radius 2 is 2.23 bits per heavy atom. The number of ether oxygens (including phenoxy) is 1. The molecule has 26 heavy (non-hydrogen) atoms. The molecule has 1 fully saturated rings. The summed E-state index contributed by atoms with van der Waals surface area (Å²) in [5.41, 5.74) is 0.694. The van der Waals surface area contributed by atoms with Gasteiger partial charge >= 0.3 is 0 Å². The first kappa shape index (κ1) is 18.0. The molecule has 1 amide bonds. The molecule has 1 N–H and O–H groups in total. The van der Waals surface area contributed by atoms with Crippen molar-refractivity contribution in [3.05, 3.63) is 41.7 Å². The van der Waals surface area contributed by atoms with Crippen molar-refractivity contribution < 1.29 is 19.4 Å². The van der Waals surface area contributed by atoms with Crippen molar-refractivity contribution in [2.75, 3.05) is 13.2 Å². The fourth-order valence-corrected chi connectivity index (χ4v) is 3.28. The van der Waals surface area contributed by atoms with Crippen LogP contribution in [0.4, 0.5) is 0 Å². The number of amides is 1. The number of aromatic nitrogens is 2. The fourth-order valence-electron chi connectivity index (χ4n) is 3.28. The Morgan fingerprint density at radius 1 is 1.42 bits per heavy atom. The molecule has 1 saturated heterocycles. The predicted molar refractivity (Wildman–Crippen MR) is 95.7 cm³/mol. The second-order valence-corrected chi connectivity index (χ2v) is 6.67. The summed E-state index contributed by atoms with van der Waals surface area (Å²) >= 11 is 0. The normalized spacial score (nSPS) is 16.9. The van der Waals surface area contributed by atoms with Crippen LogP contribution in [0.1, 0.15) is 53.6 Å². The van der Waals surface area contributed by atoms with Gasteiger partial charge in [0.2, 0.25) is 0 Å². The molecule has 7 nitrogen and oxygen atoms in total. The van der Waals surface area contributed by atoms with Crippen LogP contribution in [-0.2, 0) is 0 Å². The highest BCUT2D eigenvalue weighted by atomic mass is 16.5. The highest BCUT2D eigenvalue weighted by Gasteiger charge is 2.32. The van der Waals surface area contributed by atoms with Gasteiger partial charge in [0.15, 0.2) is 6.29 Å². The molecule has 2 aromatic rings. The van der Waals surface area contributed by atoms with Crippen molar-refractivity contribution in [3.8, 4) is 11.5 Å². The molecule has 0 aliphatic carbocycles. The van der Waals surface area contributed by atoms with E-state index >= 15 is 0 Å². The number of benzene rings is 1. The standard InChI is InChI=1S/C19H23N3O4/c1-13(2)22-16(8-9-20-22)19(25)21-10-4-5-14(21)12-26-18-7-3-6-17(24)15(18)11-23/h3,6-9,11,13-14,24H,4-5,10,12H2,1-2H3. The molecule has 1 aliphatic heterocycles. The third kappa shape index (κ3) is 3.42. The average Bonchev–Trinajstić information content (AvgIpc) is 3.28. The molecule has 0 bridgehead atoms. The number of hydrogen-bond acceptors (Lipinski definition) is 5. The SMILES string of the molecule is CC(C)n1nccc1C(=O)N1CCCC1COc1cccc(O)c1C=O. The van der Waals surface area contributed by atoms with E-state index in [2.05, 4.69) is 5.10 Å². The van der Waals surface area contributed by atoms with Gasteiger partial charge in [-0.2, -0.15) is 5.10 Å². The summed E-state index contributed by atoms with van der Waals surface area (Å²) < 4.78 is 7.48. The molecule has 2 heterocycles. The number of aldehydes is 1. The highest BCUT2D eigenvalue weighted by Crippen LogP contribution is 2.27. The maximum Gasteiger partial charge on any atom is 0.272 e. The maximum atomic E-state index is 12.9. The quantitative estimate of drug-likeness (QED) is 0.804. The number of aromatic hydroxyl groups is 1. The molecule has 1 unspecified atom stereocenters. The van der Waals surface area contributed by atoms with Gasteiger partial charge in [0.05, 0.1) is 11.6 Å². The van der Waals surface area contributed by atoms with Gasteiger partial charge in [-0.3, -0.25) is 14.3 Å². The Balaban J connectivity index is 1.73. The van der Waals surface area contributed by atoms with Crippen LogP contribution in [0.2, 0.25) is 0 Å². The van der Waals surface area contributed by atoms with E-state index in [0.717, 1.165) is 12.8 Å². The Morgan fingerprint density at radius 3 is 2.96 bits per heavy atom. The lowest BCUT2D eigenvalue weighted by Crippen LogP contribution is -2.40. The summed E-state index contributed by atoms with van der Waals surface area (Å²) in [4.78, 5) is 25.9. The molecule has 3 rings (SSSR count). The first-order valence-electron chi connectivity index (χ1n) is 8.77. The lowest BCUT2D eigenvalue weighted by molar-refractivity contribution is 0.0675. The number of nitrogens with zero attached hydrogens (tertiary/aromatic N) is 3. The van der Waals surface area contributed by atoms with Crippen LogP contribution in [0.25, 0.3) is 0 Å². The minimum absolute atomic E-state index is 0.0613. The molecule has 0 spiro atoms. The number of hydrogen-bond donors (Lipinski definition) is 1. The minimum atomic E-state index is -0.113. The predicted octanol–water partition coefficient (Wildman–Crippen LogP) is 2.67. The van der Waals surface area contributed by atoms with Gasteiger partial charge in [-0.15, -0.1) is 0 Å². The average molecular weight is 357 g/mol. The van der Waals surface area contributed by atoms with Crippen LogP contribution in [0.15, 0.2) is 30.5 Å². The monoisotopic (exact) mass is 357 g/mol. The summed E-state index contributed by atoms with van der Waals surface area (Å²) in [5, 5.41) is 14.0. The highest BCUT2D eigenvalue weighted by molar-refractivity contribution is 5.93. The van der Waals surface area contributed by atoms with Crippen LogP contribution < -0.4 is 4.74 Å². The molecular weight excluding hydrogens is 334 g/mol. The van der Waals surface area contributed by atoms with Crippen LogP contribution in [0.3, 0.4) is 0 Å². The number of likely N-dealkylation sites (tertiary alicyclic amines) is 1. The molecule has 1 atom stereocenters. The van der Waals surface area contributed by atoms with Gasteiger partial charge < -0.3 is 14.7 Å².